The van der Waals surface area contributed by atoms with Crippen molar-refractivity contribution in [2.24, 2.45) is 0 Å². The minimum Gasteiger partial charge on any atom is -0.432 e. The van der Waals surface area contributed by atoms with E-state index >= 15 is 0 Å². The summed E-state index contributed by atoms with van der Waals surface area (Å²) in [5.41, 5.74) is 3.47. The Morgan fingerprint density at radius 1 is 1.25 bits per heavy atom. The van der Waals surface area contributed by atoms with Crippen molar-refractivity contribution in [2.75, 3.05) is 4.90 Å². The first kappa shape index (κ1) is 9.73. The van der Waals surface area contributed by atoms with Gasteiger partial charge < -0.3 is 9.32 Å². The average molecular weight is 235 g/mol. The lowest BCUT2D eigenvalue weighted by atomic mass is 10.1. The summed E-state index contributed by atoms with van der Waals surface area (Å²) in [4.78, 5) is 6.43. The van der Waals surface area contributed by atoms with Crippen LogP contribution in [0, 0.1) is 0 Å². The molecule has 2 aromatic rings. The van der Waals surface area contributed by atoms with Crippen molar-refractivity contribution in [3.63, 3.8) is 0 Å². The van der Waals surface area contributed by atoms with E-state index in [1.165, 1.54) is 11.1 Å². The molecule has 3 nitrogen and oxygen atoms in total. The fourth-order valence-electron chi connectivity index (χ4n) is 1.97. The van der Waals surface area contributed by atoms with Crippen LogP contribution in [0.15, 0.2) is 34.9 Å². The monoisotopic (exact) mass is 234 g/mol. The quantitative estimate of drug-likeness (QED) is 0.749. The summed E-state index contributed by atoms with van der Waals surface area (Å²) in [6.07, 6.45) is 1.62. The van der Waals surface area contributed by atoms with Crippen LogP contribution in [0.4, 0.5) is 6.01 Å². The van der Waals surface area contributed by atoms with Gasteiger partial charge in [-0.1, -0.05) is 24.3 Å². The molecule has 0 radical (unpaired) electrons. The highest BCUT2D eigenvalue weighted by atomic mass is 35.5. The summed E-state index contributed by atoms with van der Waals surface area (Å²) in [7, 11) is 0. The molecule has 1 aliphatic heterocycles. The van der Waals surface area contributed by atoms with E-state index in [4.69, 9.17) is 16.0 Å². The van der Waals surface area contributed by atoms with Crippen LogP contribution in [-0.2, 0) is 19.0 Å². The number of nitrogens with zero attached hydrogens (tertiary/aromatic N) is 2. The first-order chi connectivity index (χ1) is 7.86. The third kappa shape index (κ3) is 1.57. The molecule has 0 spiro atoms. The zero-order valence-corrected chi connectivity index (χ0v) is 9.44. The maximum Gasteiger partial charge on any atom is 0.298 e. The molecule has 0 N–H and O–H groups in total. The smallest absolute Gasteiger partial charge is 0.298 e. The van der Waals surface area contributed by atoms with Crippen molar-refractivity contribution >= 4 is 17.6 Å². The van der Waals surface area contributed by atoms with E-state index in [-0.39, 0.29) is 0 Å². The number of benzene rings is 1. The Morgan fingerprint density at radius 2 is 1.94 bits per heavy atom. The summed E-state index contributed by atoms with van der Waals surface area (Å²) >= 11 is 5.70. The Bertz CT molecular complexity index is 484. The molecule has 0 saturated carbocycles. The molecule has 82 valence electrons. The molecule has 0 unspecified atom stereocenters. The van der Waals surface area contributed by atoms with Gasteiger partial charge in [-0.15, -0.1) is 11.6 Å². The predicted molar refractivity (Wildman–Crippen MR) is 62.4 cm³/mol. The fraction of sp³-hybridized carbons (Fsp3) is 0.250. The van der Waals surface area contributed by atoms with Crippen molar-refractivity contribution in [1.29, 1.82) is 0 Å². The predicted octanol–water partition coefficient (Wildman–Crippen LogP) is 2.93. The Kier molecular flexibility index (Phi) is 2.33. The maximum atomic E-state index is 5.70. The molecular weight excluding hydrogens is 224 g/mol. The number of halogens is 1. The largest absolute Gasteiger partial charge is 0.432 e. The van der Waals surface area contributed by atoms with E-state index in [9.17, 15) is 0 Å². The van der Waals surface area contributed by atoms with Crippen LogP contribution in [0.5, 0.6) is 0 Å². The van der Waals surface area contributed by atoms with Crippen LogP contribution in [0.2, 0.25) is 0 Å². The lowest BCUT2D eigenvalue weighted by Crippen LogP contribution is -2.14. The number of rotatable bonds is 2. The molecule has 0 aliphatic carbocycles. The molecule has 0 saturated heterocycles. The first-order valence-electron chi connectivity index (χ1n) is 5.19. The third-order valence-corrected chi connectivity index (χ3v) is 3.06. The van der Waals surface area contributed by atoms with Crippen LogP contribution >= 0.6 is 11.6 Å². The van der Waals surface area contributed by atoms with E-state index in [2.05, 4.69) is 34.1 Å². The number of fused-ring (bicyclic) bond motifs is 1. The van der Waals surface area contributed by atoms with Gasteiger partial charge >= 0.3 is 0 Å². The fourth-order valence-corrected chi connectivity index (χ4v) is 2.09. The molecule has 3 rings (SSSR count). The van der Waals surface area contributed by atoms with Crippen molar-refractivity contribution in [2.45, 2.75) is 19.0 Å². The van der Waals surface area contributed by atoms with Gasteiger partial charge in [0.15, 0.2) is 0 Å². The van der Waals surface area contributed by atoms with Gasteiger partial charge in [0.1, 0.15) is 6.26 Å². The van der Waals surface area contributed by atoms with Crippen LogP contribution in [0.3, 0.4) is 0 Å². The van der Waals surface area contributed by atoms with Crippen LogP contribution in [0.1, 0.15) is 16.8 Å². The molecule has 2 heterocycles. The zero-order valence-electron chi connectivity index (χ0n) is 8.69. The molecule has 1 aromatic carbocycles. The Hall–Kier alpha value is -1.48. The molecule has 1 aromatic heterocycles. The van der Waals surface area contributed by atoms with Gasteiger partial charge in [0.2, 0.25) is 0 Å². The van der Waals surface area contributed by atoms with E-state index in [0.717, 1.165) is 18.8 Å². The second-order valence-electron chi connectivity index (χ2n) is 3.88. The highest BCUT2D eigenvalue weighted by Crippen LogP contribution is 2.27. The van der Waals surface area contributed by atoms with Crippen LogP contribution < -0.4 is 4.90 Å². The van der Waals surface area contributed by atoms with E-state index < -0.39 is 0 Å². The average Bonchev–Trinajstić information content (AvgIpc) is 2.95. The third-order valence-electron chi connectivity index (χ3n) is 2.79. The van der Waals surface area contributed by atoms with E-state index in [1.807, 2.05) is 0 Å². The van der Waals surface area contributed by atoms with E-state index in [0.29, 0.717) is 11.9 Å². The van der Waals surface area contributed by atoms with E-state index in [1.54, 1.807) is 6.26 Å². The minimum atomic E-state index is 0.393. The zero-order chi connectivity index (χ0) is 11.0. The molecule has 16 heavy (non-hydrogen) atoms. The normalized spacial score (nSPS) is 14.2. The molecule has 0 bridgehead atoms. The standard InChI is InChI=1S/C12H11ClN2O/c13-5-11-8-16-12(14-11)15-6-9-3-1-2-4-10(9)7-15/h1-4,8H,5-7H2. The second kappa shape index (κ2) is 3.83. The number of alkyl halides is 1. The molecular formula is C12H11ClN2O. The summed E-state index contributed by atoms with van der Waals surface area (Å²) in [6, 6.07) is 9.05. The number of aromatic nitrogens is 1. The topological polar surface area (TPSA) is 29.3 Å². The van der Waals surface area contributed by atoms with Crippen LogP contribution in [-0.4, -0.2) is 4.98 Å². The van der Waals surface area contributed by atoms with Gasteiger partial charge in [-0.05, 0) is 11.1 Å². The molecule has 1 aliphatic rings. The van der Waals surface area contributed by atoms with Crippen molar-refractivity contribution in [3.05, 3.63) is 47.3 Å². The van der Waals surface area contributed by atoms with Gasteiger partial charge in [0, 0.05) is 13.1 Å². The van der Waals surface area contributed by atoms with Gasteiger partial charge in [-0.3, -0.25) is 0 Å². The number of oxazole rings is 1. The first-order valence-corrected chi connectivity index (χ1v) is 5.72. The summed E-state index contributed by atoms with van der Waals surface area (Å²) in [5.74, 6) is 0.393. The van der Waals surface area contributed by atoms with Gasteiger partial charge in [-0.2, -0.15) is 4.98 Å². The summed E-state index contributed by atoms with van der Waals surface area (Å²) in [6.45, 7) is 1.72. The number of hydrogen-bond donors (Lipinski definition) is 0. The minimum absolute atomic E-state index is 0.393. The lowest BCUT2D eigenvalue weighted by Gasteiger charge is -2.10. The van der Waals surface area contributed by atoms with Gasteiger partial charge in [0.05, 0.1) is 11.6 Å². The molecule has 0 fully saturated rings. The maximum absolute atomic E-state index is 5.70. The summed E-state index contributed by atoms with van der Waals surface area (Å²) in [5, 5.41) is 0. The Morgan fingerprint density at radius 3 is 2.50 bits per heavy atom. The van der Waals surface area contributed by atoms with Crippen molar-refractivity contribution in [1.82, 2.24) is 4.98 Å². The molecule has 0 atom stereocenters. The van der Waals surface area contributed by atoms with Gasteiger partial charge in [0.25, 0.3) is 6.01 Å². The molecule has 4 heteroatoms. The number of hydrogen-bond acceptors (Lipinski definition) is 3. The SMILES string of the molecule is ClCc1coc(N2Cc3ccccc3C2)n1. The second-order valence-corrected chi connectivity index (χ2v) is 4.15. The van der Waals surface area contributed by atoms with Crippen LogP contribution in [0.25, 0.3) is 0 Å². The highest BCUT2D eigenvalue weighted by molar-refractivity contribution is 6.16. The Labute approximate surface area is 98.7 Å². The highest BCUT2D eigenvalue weighted by Gasteiger charge is 2.21. The Balaban J connectivity index is 1.85. The summed E-state index contributed by atoms with van der Waals surface area (Å²) < 4.78 is 5.40. The lowest BCUT2D eigenvalue weighted by molar-refractivity contribution is 0.537. The van der Waals surface area contributed by atoms with Gasteiger partial charge in [-0.25, -0.2) is 0 Å². The number of anilines is 1. The van der Waals surface area contributed by atoms with Crippen molar-refractivity contribution in [3.8, 4) is 0 Å². The van der Waals surface area contributed by atoms with Crippen molar-refractivity contribution < 1.29 is 4.42 Å². The molecule has 0 amide bonds.